The summed E-state index contributed by atoms with van der Waals surface area (Å²) in [6.45, 7) is 0. The van der Waals surface area contributed by atoms with Crippen molar-refractivity contribution >= 4 is 15.8 Å². The van der Waals surface area contributed by atoms with E-state index in [2.05, 4.69) is 0 Å². The molecule has 0 saturated heterocycles. The van der Waals surface area contributed by atoms with Crippen LogP contribution in [-0.4, -0.2) is 34.0 Å². The summed E-state index contributed by atoms with van der Waals surface area (Å²) in [5.41, 5.74) is 7.14. The van der Waals surface area contributed by atoms with Gasteiger partial charge in [0.2, 0.25) is 0 Å². The Bertz CT molecular complexity index is 464. The molecule has 6 rings (SSSR count). The first-order valence-corrected chi connectivity index (χ1v) is 21.5. The van der Waals surface area contributed by atoms with Crippen LogP contribution in [0.5, 0.6) is 0 Å². The number of rotatable bonds is 6. The van der Waals surface area contributed by atoms with Crippen molar-refractivity contribution in [2.45, 2.75) is 227 Å². The van der Waals surface area contributed by atoms with Gasteiger partial charge in [-0.2, -0.15) is 0 Å². The van der Waals surface area contributed by atoms with Gasteiger partial charge in [0.1, 0.15) is 0 Å². The van der Waals surface area contributed by atoms with Crippen LogP contribution in [0.25, 0.3) is 0 Å². The second kappa shape index (κ2) is 19.0. The second-order valence-electron chi connectivity index (χ2n) is 14.6. The van der Waals surface area contributed by atoms with E-state index in [-0.39, 0.29) is 19.5 Å². The normalized spacial score (nSPS) is 28.2. The van der Waals surface area contributed by atoms with Crippen molar-refractivity contribution in [1.29, 1.82) is 0 Å². The molecule has 0 N–H and O–H groups in total. The Labute approximate surface area is 260 Å². The molecule has 0 spiro atoms. The largest absolute Gasteiger partial charge is 2.00 e. The maximum absolute atomic E-state index is 1.61. The van der Waals surface area contributed by atoms with Crippen LogP contribution in [0.3, 0.4) is 0 Å². The molecule has 3 heteroatoms. The van der Waals surface area contributed by atoms with Crippen LogP contribution in [0.2, 0.25) is 0 Å². The van der Waals surface area contributed by atoms with Crippen molar-refractivity contribution < 1.29 is 19.5 Å². The standard InChI is InChI=1S/2C18H33P.Ru/c2*1-4-10-16(11-5-1)19(17-12-6-2-7-13-17)18-14-8-3-9-15-18;/h2*16-18H,1-15H2;/q;;+2. The smallest absolute Gasteiger partial charge is 0.0971 e. The van der Waals surface area contributed by atoms with E-state index in [0.29, 0.717) is 15.8 Å². The summed E-state index contributed by atoms with van der Waals surface area (Å²) >= 11 is 0. The molecule has 39 heavy (non-hydrogen) atoms. The molecular weight excluding hydrogens is 595 g/mol. The molecule has 6 saturated carbocycles. The molecule has 0 amide bonds. The predicted molar refractivity (Wildman–Crippen MR) is 175 cm³/mol. The maximum atomic E-state index is 1.61. The Kier molecular flexibility index (Phi) is 16.3. The van der Waals surface area contributed by atoms with E-state index in [1.165, 1.54) is 72.5 Å². The summed E-state index contributed by atoms with van der Waals surface area (Å²) in [7, 11) is 0.770. The van der Waals surface area contributed by atoms with Crippen LogP contribution in [0.1, 0.15) is 193 Å². The molecule has 0 radical (unpaired) electrons. The third-order valence-electron chi connectivity index (χ3n) is 12.0. The molecular formula is C36H66P2Ru+2. The summed E-state index contributed by atoms with van der Waals surface area (Å²) in [5, 5.41) is 0. The Morgan fingerprint density at radius 3 is 0.462 bits per heavy atom. The molecule has 6 aliphatic rings. The fourth-order valence-electron chi connectivity index (χ4n) is 10.1. The van der Waals surface area contributed by atoms with Crippen molar-refractivity contribution in [3.05, 3.63) is 0 Å². The average Bonchev–Trinajstić information content (AvgIpc) is 3.01. The Morgan fingerprint density at radius 2 is 0.333 bits per heavy atom. The van der Waals surface area contributed by atoms with E-state index in [4.69, 9.17) is 0 Å². The van der Waals surface area contributed by atoms with E-state index in [1.807, 2.05) is 0 Å². The molecule has 0 unspecified atom stereocenters. The summed E-state index contributed by atoms with van der Waals surface area (Å²) in [6.07, 6.45) is 47.2. The van der Waals surface area contributed by atoms with Gasteiger partial charge in [0, 0.05) is 0 Å². The Hall–Kier alpha value is 1.48. The fourth-order valence-corrected chi connectivity index (χ4v) is 19.4. The van der Waals surface area contributed by atoms with Crippen molar-refractivity contribution in [3.63, 3.8) is 0 Å². The Balaban J connectivity index is 0.000000176. The molecule has 0 nitrogen and oxygen atoms in total. The molecule has 0 heterocycles. The van der Waals surface area contributed by atoms with Gasteiger partial charge in [0.15, 0.2) is 0 Å². The van der Waals surface area contributed by atoms with Gasteiger partial charge < -0.3 is 0 Å². The first-order valence-electron chi connectivity index (χ1n) is 18.4. The van der Waals surface area contributed by atoms with Crippen LogP contribution in [-0.2, 0) is 19.5 Å². The van der Waals surface area contributed by atoms with Crippen LogP contribution in [0, 0.1) is 0 Å². The van der Waals surface area contributed by atoms with Crippen LogP contribution >= 0.6 is 15.8 Å². The van der Waals surface area contributed by atoms with Crippen LogP contribution in [0.15, 0.2) is 0 Å². The van der Waals surface area contributed by atoms with Gasteiger partial charge in [0.25, 0.3) is 0 Å². The van der Waals surface area contributed by atoms with Crippen LogP contribution < -0.4 is 0 Å². The molecule has 0 aromatic carbocycles. The molecule has 0 aromatic rings. The summed E-state index contributed by atoms with van der Waals surface area (Å²) in [5.74, 6) is 0. The summed E-state index contributed by atoms with van der Waals surface area (Å²) in [6, 6.07) is 0. The molecule has 0 bridgehead atoms. The number of hydrogen-bond acceptors (Lipinski definition) is 0. The maximum Gasteiger partial charge on any atom is 2.00 e. The van der Waals surface area contributed by atoms with E-state index in [9.17, 15) is 0 Å². The van der Waals surface area contributed by atoms with Gasteiger partial charge in [-0.1, -0.05) is 131 Å². The molecule has 6 aliphatic carbocycles. The Morgan fingerprint density at radius 1 is 0.205 bits per heavy atom. The minimum absolute atomic E-state index is 0. The molecule has 6 fully saturated rings. The van der Waals surface area contributed by atoms with Gasteiger partial charge in [-0.3, -0.25) is 0 Å². The molecule has 226 valence electrons. The molecule has 0 atom stereocenters. The van der Waals surface area contributed by atoms with E-state index in [1.54, 1.807) is 154 Å². The topological polar surface area (TPSA) is 0 Å². The predicted octanol–water partition coefficient (Wildman–Crippen LogP) is 12.9. The van der Waals surface area contributed by atoms with Crippen molar-refractivity contribution in [2.24, 2.45) is 0 Å². The van der Waals surface area contributed by atoms with Gasteiger partial charge in [-0.25, -0.2) is 0 Å². The minimum atomic E-state index is 0. The van der Waals surface area contributed by atoms with Crippen molar-refractivity contribution in [3.8, 4) is 0 Å². The van der Waals surface area contributed by atoms with Crippen molar-refractivity contribution in [1.82, 2.24) is 0 Å². The van der Waals surface area contributed by atoms with Gasteiger partial charge >= 0.3 is 19.5 Å². The average molecular weight is 662 g/mol. The van der Waals surface area contributed by atoms with Gasteiger partial charge in [-0.05, 0) is 111 Å². The first-order chi connectivity index (χ1) is 18.9. The van der Waals surface area contributed by atoms with E-state index >= 15 is 0 Å². The first kappa shape index (κ1) is 33.4. The minimum Gasteiger partial charge on any atom is -0.0971 e. The van der Waals surface area contributed by atoms with Crippen LogP contribution in [0.4, 0.5) is 0 Å². The third-order valence-corrected chi connectivity index (χ3v) is 20.1. The molecule has 0 aliphatic heterocycles. The fraction of sp³-hybridized carbons (Fsp3) is 1.00. The third kappa shape index (κ3) is 10.3. The second-order valence-corrected chi connectivity index (χ2v) is 20.8. The number of hydrogen-bond donors (Lipinski definition) is 0. The quantitative estimate of drug-likeness (QED) is 0.196. The van der Waals surface area contributed by atoms with E-state index < -0.39 is 0 Å². The SMILES string of the molecule is C1CCC(P(C2CCCCC2)C2CCCCC2)CC1.C1CCC(P(C2CCCCC2)C2CCCCC2)CC1.[Ru+2]. The zero-order valence-electron chi connectivity index (χ0n) is 25.9. The summed E-state index contributed by atoms with van der Waals surface area (Å²) in [4.78, 5) is 0. The zero-order chi connectivity index (χ0) is 25.8. The summed E-state index contributed by atoms with van der Waals surface area (Å²) < 4.78 is 0. The van der Waals surface area contributed by atoms with Gasteiger partial charge in [0.05, 0.1) is 0 Å². The molecule has 0 aromatic heterocycles. The van der Waals surface area contributed by atoms with Gasteiger partial charge in [-0.15, -0.1) is 0 Å². The monoisotopic (exact) mass is 662 g/mol. The zero-order valence-corrected chi connectivity index (χ0v) is 29.5. The van der Waals surface area contributed by atoms with E-state index in [0.717, 1.165) is 0 Å². The van der Waals surface area contributed by atoms with Crippen molar-refractivity contribution in [2.75, 3.05) is 0 Å².